The van der Waals surface area contributed by atoms with E-state index >= 15 is 0 Å². The van der Waals surface area contributed by atoms with E-state index in [1.165, 1.54) is 0 Å². The van der Waals surface area contributed by atoms with Crippen LogP contribution in [-0.4, -0.2) is 31.0 Å². The second-order valence-electron chi connectivity index (χ2n) is 5.90. The van der Waals surface area contributed by atoms with Crippen LogP contribution < -0.4 is 16.4 Å². The van der Waals surface area contributed by atoms with Crippen molar-refractivity contribution in [3.8, 4) is 0 Å². The lowest BCUT2D eigenvalue weighted by Crippen LogP contribution is -2.41. The maximum atomic E-state index is 13.1. The molecule has 1 unspecified atom stereocenters. The highest BCUT2D eigenvalue weighted by atomic mass is 35.5. The number of halogens is 4. The Morgan fingerprint density at radius 1 is 1.25 bits per heavy atom. The zero-order valence-electron chi connectivity index (χ0n) is 14.4. The molecule has 0 aliphatic heterocycles. The molecule has 24 heavy (non-hydrogen) atoms. The van der Waals surface area contributed by atoms with Crippen LogP contribution in [0.4, 0.5) is 14.5 Å². The lowest BCUT2D eigenvalue weighted by molar-refractivity contribution is 0.0118. The largest absolute Gasteiger partial charge is 0.382 e. The molecule has 0 fully saturated rings. The van der Waals surface area contributed by atoms with Gasteiger partial charge in [-0.25, -0.2) is 8.78 Å². The van der Waals surface area contributed by atoms with E-state index < -0.39 is 24.9 Å². The predicted molar refractivity (Wildman–Crippen MR) is 99.9 cm³/mol. The first-order valence-electron chi connectivity index (χ1n) is 7.40. The molecule has 1 amide bonds. The van der Waals surface area contributed by atoms with Gasteiger partial charge in [-0.3, -0.25) is 4.79 Å². The molecule has 0 spiro atoms. The summed E-state index contributed by atoms with van der Waals surface area (Å²) in [6, 6.07) is 5.47. The molecule has 0 heterocycles. The van der Waals surface area contributed by atoms with Gasteiger partial charge in [0.05, 0.1) is 13.1 Å². The lowest BCUT2D eigenvalue weighted by Gasteiger charge is -2.21. The molecular weight excluding hydrogens is 359 g/mol. The Morgan fingerprint density at radius 3 is 2.33 bits per heavy atom. The fourth-order valence-corrected chi connectivity index (χ4v) is 1.83. The summed E-state index contributed by atoms with van der Waals surface area (Å²) in [5.74, 6) is -3.18. The minimum Gasteiger partial charge on any atom is -0.382 e. The summed E-state index contributed by atoms with van der Waals surface area (Å²) < 4.78 is 26.2. The first-order chi connectivity index (χ1) is 10.2. The van der Waals surface area contributed by atoms with E-state index in [0.717, 1.165) is 11.3 Å². The zero-order chi connectivity index (χ0) is 16.9. The minimum absolute atomic E-state index is 0. The summed E-state index contributed by atoms with van der Waals surface area (Å²) in [4.78, 5) is 12.1. The van der Waals surface area contributed by atoms with Gasteiger partial charge < -0.3 is 16.4 Å². The van der Waals surface area contributed by atoms with Crippen molar-refractivity contribution in [1.29, 1.82) is 0 Å². The molecule has 0 bridgehead atoms. The number of benzene rings is 1. The third kappa shape index (κ3) is 7.20. The van der Waals surface area contributed by atoms with Crippen molar-refractivity contribution in [2.24, 2.45) is 11.7 Å². The summed E-state index contributed by atoms with van der Waals surface area (Å²) in [6.45, 7) is 6.49. The fourth-order valence-electron chi connectivity index (χ4n) is 1.83. The van der Waals surface area contributed by atoms with Crippen LogP contribution in [0.2, 0.25) is 0 Å². The quantitative estimate of drug-likeness (QED) is 0.671. The average molecular weight is 386 g/mol. The third-order valence-electron chi connectivity index (χ3n) is 3.77. The van der Waals surface area contributed by atoms with E-state index in [0.29, 0.717) is 11.5 Å². The van der Waals surface area contributed by atoms with Gasteiger partial charge in [-0.05, 0) is 37.5 Å². The molecular formula is C16H27Cl2F2N3O. The Balaban J connectivity index is 0. The van der Waals surface area contributed by atoms with Gasteiger partial charge in [-0.2, -0.15) is 0 Å². The number of carbonyl (C=O) groups excluding carboxylic acids is 1. The Hall–Kier alpha value is -1.11. The molecule has 1 aromatic rings. The Kier molecular flexibility index (Phi) is 11.2. The number of carbonyl (C=O) groups is 1. The second kappa shape index (κ2) is 10.7. The van der Waals surface area contributed by atoms with Crippen LogP contribution in [0.5, 0.6) is 0 Å². The van der Waals surface area contributed by atoms with Crippen LogP contribution in [0.1, 0.15) is 36.7 Å². The van der Waals surface area contributed by atoms with E-state index in [1.807, 2.05) is 6.07 Å². The highest BCUT2D eigenvalue weighted by Crippen LogP contribution is 2.21. The van der Waals surface area contributed by atoms with Crippen LogP contribution in [0.15, 0.2) is 18.2 Å². The van der Waals surface area contributed by atoms with Gasteiger partial charge in [0.2, 0.25) is 0 Å². The standard InChI is InChI=1S/C16H25F2N3O.2ClH/c1-10(2)12(4)21-14-7-5-6-13(11(14)3)15(22)20-9-16(17,18)8-19;;/h5-7,10,12,21H,8-9,19H2,1-4H3,(H,20,22);2*1H. The molecule has 0 saturated heterocycles. The molecule has 4 nitrogen and oxygen atoms in total. The van der Waals surface area contributed by atoms with Gasteiger partial charge in [0, 0.05) is 17.3 Å². The molecule has 1 aromatic carbocycles. The molecule has 4 N–H and O–H groups in total. The van der Waals surface area contributed by atoms with E-state index in [-0.39, 0.29) is 30.9 Å². The number of hydrogen-bond donors (Lipinski definition) is 3. The van der Waals surface area contributed by atoms with Gasteiger partial charge in [0.25, 0.3) is 11.8 Å². The van der Waals surface area contributed by atoms with Crippen molar-refractivity contribution in [2.75, 3.05) is 18.4 Å². The summed E-state index contributed by atoms with van der Waals surface area (Å²) >= 11 is 0. The van der Waals surface area contributed by atoms with Gasteiger partial charge in [-0.15, -0.1) is 24.8 Å². The van der Waals surface area contributed by atoms with E-state index in [9.17, 15) is 13.6 Å². The van der Waals surface area contributed by atoms with Crippen LogP contribution in [-0.2, 0) is 0 Å². The van der Waals surface area contributed by atoms with Crippen molar-refractivity contribution in [3.05, 3.63) is 29.3 Å². The molecule has 140 valence electrons. The molecule has 0 aliphatic rings. The zero-order valence-corrected chi connectivity index (χ0v) is 16.0. The summed E-state index contributed by atoms with van der Waals surface area (Å²) in [7, 11) is 0. The predicted octanol–water partition coefficient (Wildman–Crippen LogP) is 3.62. The molecule has 1 atom stereocenters. The molecule has 0 saturated carbocycles. The number of nitrogens with two attached hydrogens (primary N) is 1. The second-order valence-corrected chi connectivity index (χ2v) is 5.90. The van der Waals surface area contributed by atoms with Crippen molar-refractivity contribution >= 4 is 36.4 Å². The Bertz CT molecular complexity index is 528. The first kappa shape index (κ1) is 25.1. The van der Waals surface area contributed by atoms with Crippen molar-refractivity contribution in [2.45, 2.75) is 39.7 Å². The Labute approximate surface area is 154 Å². The number of hydrogen-bond acceptors (Lipinski definition) is 3. The highest BCUT2D eigenvalue weighted by Gasteiger charge is 2.27. The van der Waals surface area contributed by atoms with Gasteiger partial charge in [-0.1, -0.05) is 19.9 Å². The SMILES string of the molecule is Cc1c(NC(C)C(C)C)cccc1C(=O)NCC(F)(F)CN.Cl.Cl. The number of anilines is 1. The number of nitrogens with one attached hydrogen (secondary N) is 2. The lowest BCUT2D eigenvalue weighted by atomic mass is 10.0. The molecule has 0 aliphatic carbocycles. The van der Waals surface area contributed by atoms with Gasteiger partial charge in [0.1, 0.15) is 0 Å². The maximum absolute atomic E-state index is 13.1. The average Bonchev–Trinajstić information content (AvgIpc) is 2.47. The summed E-state index contributed by atoms with van der Waals surface area (Å²) in [5.41, 5.74) is 6.91. The third-order valence-corrected chi connectivity index (χ3v) is 3.77. The van der Waals surface area contributed by atoms with Crippen molar-refractivity contribution in [1.82, 2.24) is 5.32 Å². The van der Waals surface area contributed by atoms with Crippen LogP contribution in [0.3, 0.4) is 0 Å². The number of rotatable bonds is 7. The van der Waals surface area contributed by atoms with E-state index in [1.54, 1.807) is 19.1 Å². The normalized spacial score (nSPS) is 12.0. The summed E-state index contributed by atoms with van der Waals surface area (Å²) in [5, 5.41) is 5.58. The molecule has 1 rings (SSSR count). The van der Waals surface area contributed by atoms with Crippen LogP contribution in [0, 0.1) is 12.8 Å². The number of alkyl halides is 2. The smallest absolute Gasteiger partial charge is 0.277 e. The highest BCUT2D eigenvalue weighted by molar-refractivity contribution is 5.97. The molecule has 8 heteroatoms. The maximum Gasteiger partial charge on any atom is 0.277 e. The van der Waals surface area contributed by atoms with Gasteiger partial charge in [0.15, 0.2) is 0 Å². The van der Waals surface area contributed by atoms with Gasteiger partial charge >= 0.3 is 0 Å². The summed E-state index contributed by atoms with van der Waals surface area (Å²) in [6.07, 6.45) is 0. The van der Waals surface area contributed by atoms with E-state index in [4.69, 9.17) is 5.73 Å². The minimum atomic E-state index is -3.09. The molecule has 0 aromatic heterocycles. The van der Waals surface area contributed by atoms with Crippen molar-refractivity contribution in [3.63, 3.8) is 0 Å². The van der Waals surface area contributed by atoms with Crippen molar-refractivity contribution < 1.29 is 13.6 Å². The van der Waals surface area contributed by atoms with Crippen LogP contribution >= 0.6 is 24.8 Å². The van der Waals surface area contributed by atoms with E-state index in [2.05, 4.69) is 31.4 Å². The monoisotopic (exact) mass is 385 g/mol. The topological polar surface area (TPSA) is 67.2 Å². The molecule has 0 radical (unpaired) electrons. The fraction of sp³-hybridized carbons (Fsp3) is 0.562. The first-order valence-corrected chi connectivity index (χ1v) is 7.40. The Morgan fingerprint density at radius 2 is 1.83 bits per heavy atom. The number of amides is 1. The van der Waals surface area contributed by atoms with Crippen LogP contribution in [0.25, 0.3) is 0 Å².